The van der Waals surface area contributed by atoms with E-state index >= 15 is 0 Å². The summed E-state index contributed by atoms with van der Waals surface area (Å²) in [6.45, 7) is 3.52. The molecule has 0 aromatic heterocycles. The average molecular weight is 286 g/mol. The van der Waals surface area contributed by atoms with E-state index in [9.17, 15) is 20.0 Å². The molecular weight excluding hydrogens is 272 g/mol. The maximum absolute atomic E-state index is 12.1. The van der Waals surface area contributed by atoms with Crippen LogP contribution in [0.2, 0.25) is 0 Å². The van der Waals surface area contributed by atoms with Crippen LogP contribution in [0.5, 0.6) is 5.75 Å². The first-order chi connectivity index (χ1) is 9.90. The zero-order chi connectivity index (χ0) is 15.6. The number of hydrogen-bond acceptors (Lipinski definition) is 4. The summed E-state index contributed by atoms with van der Waals surface area (Å²) < 4.78 is 0. The van der Waals surface area contributed by atoms with Crippen molar-refractivity contribution in [3.05, 3.63) is 63.2 Å². The number of rotatable bonds is 3. The van der Waals surface area contributed by atoms with Crippen molar-refractivity contribution < 1.29 is 14.8 Å². The highest BCUT2D eigenvalue weighted by atomic mass is 16.6. The fourth-order valence-corrected chi connectivity index (χ4v) is 1.90. The molecule has 1 amide bonds. The van der Waals surface area contributed by atoms with Gasteiger partial charge in [0.05, 0.1) is 4.92 Å². The van der Waals surface area contributed by atoms with Gasteiger partial charge in [-0.2, -0.15) is 0 Å². The van der Waals surface area contributed by atoms with Crippen LogP contribution in [0.15, 0.2) is 36.4 Å². The Kier molecular flexibility index (Phi) is 3.89. The number of nitro groups is 1. The number of carbonyl (C=O) groups excluding carboxylic acids is 1. The van der Waals surface area contributed by atoms with Gasteiger partial charge < -0.3 is 10.4 Å². The van der Waals surface area contributed by atoms with Crippen LogP contribution in [-0.2, 0) is 0 Å². The molecular formula is C15H14N2O4. The summed E-state index contributed by atoms with van der Waals surface area (Å²) in [5, 5.41) is 23.0. The fraction of sp³-hybridized carbons (Fsp3) is 0.133. The molecule has 0 radical (unpaired) electrons. The molecule has 0 aliphatic carbocycles. The topological polar surface area (TPSA) is 92.5 Å². The van der Waals surface area contributed by atoms with Crippen LogP contribution >= 0.6 is 0 Å². The maximum Gasteiger partial charge on any atom is 0.270 e. The molecule has 0 unspecified atom stereocenters. The van der Waals surface area contributed by atoms with E-state index in [0.29, 0.717) is 11.3 Å². The van der Waals surface area contributed by atoms with Crippen LogP contribution in [0, 0.1) is 24.0 Å². The quantitative estimate of drug-likeness (QED) is 0.515. The Morgan fingerprint density at radius 1 is 1.19 bits per heavy atom. The van der Waals surface area contributed by atoms with Gasteiger partial charge in [0.25, 0.3) is 11.6 Å². The number of hydrogen-bond donors (Lipinski definition) is 2. The lowest BCUT2D eigenvalue weighted by atomic mass is 10.1. The highest BCUT2D eigenvalue weighted by Gasteiger charge is 2.13. The van der Waals surface area contributed by atoms with Crippen LogP contribution in [0.4, 0.5) is 11.4 Å². The van der Waals surface area contributed by atoms with Gasteiger partial charge >= 0.3 is 0 Å². The second kappa shape index (κ2) is 5.62. The van der Waals surface area contributed by atoms with E-state index in [1.54, 1.807) is 19.9 Å². The molecule has 2 aromatic carbocycles. The van der Waals surface area contributed by atoms with Crippen LogP contribution in [0.1, 0.15) is 21.5 Å². The second-order valence-electron chi connectivity index (χ2n) is 4.64. The third kappa shape index (κ3) is 3.00. The number of anilines is 1. The van der Waals surface area contributed by atoms with Crippen LogP contribution < -0.4 is 5.32 Å². The van der Waals surface area contributed by atoms with Gasteiger partial charge in [-0.1, -0.05) is 6.07 Å². The minimum atomic E-state index is -0.549. The molecule has 0 aliphatic heterocycles. The molecule has 21 heavy (non-hydrogen) atoms. The van der Waals surface area contributed by atoms with E-state index in [-0.39, 0.29) is 17.0 Å². The van der Waals surface area contributed by atoms with Gasteiger partial charge in [0.2, 0.25) is 0 Å². The number of non-ortho nitro benzene ring substituents is 1. The Hall–Kier alpha value is -2.89. The van der Waals surface area contributed by atoms with Gasteiger partial charge in [0.15, 0.2) is 0 Å². The van der Waals surface area contributed by atoms with E-state index in [0.717, 1.165) is 5.56 Å². The number of nitrogens with zero attached hydrogens (tertiary/aromatic N) is 1. The molecule has 0 saturated carbocycles. The average Bonchev–Trinajstić information content (AvgIpc) is 2.48. The van der Waals surface area contributed by atoms with Gasteiger partial charge in [0, 0.05) is 23.4 Å². The number of nitrogens with one attached hydrogen (secondary N) is 1. The Balaban J connectivity index is 2.28. The molecule has 0 atom stereocenters. The minimum Gasteiger partial charge on any atom is -0.508 e. The van der Waals surface area contributed by atoms with Crippen LogP contribution in [0.3, 0.4) is 0 Å². The van der Waals surface area contributed by atoms with E-state index < -0.39 is 10.8 Å². The lowest BCUT2D eigenvalue weighted by Gasteiger charge is -2.11. The Bertz CT molecular complexity index is 726. The molecule has 6 heteroatoms. The van der Waals surface area contributed by atoms with Crippen LogP contribution in [-0.4, -0.2) is 15.9 Å². The van der Waals surface area contributed by atoms with Crippen molar-refractivity contribution in [3.63, 3.8) is 0 Å². The predicted molar refractivity (Wildman–Crippen MR) is 78.6 cm³/mol. The third-order valence-corrected chi connectivity index (χ3v) is 3.33. The lowest BCUT2D eigenvalue weighted by molar-refractivity contribution is -0.384. The number of phenolic OH excluding ortho intramolecular Hbond substituents is 1. The molecule has 0 saturated heterocycles. The first kappa shape index (κ1) is 14.5. The second-order valence-corrected chi connectivity index (χ2v) is 4.64. The number of benzene rings is 2. The van der Waals surface area contributed by atoms with Crippen molar-refractivity contribution in [2.45, 2.75) is 13.8 Å². The SMILES string of the molecule is Cc1c(O)ccc(NC(=O)c2cccc([N+](=O)[O-])c2)c1C. The predicted octanol–water partition coefficient (Wildman–Crippen LogP) is 3.17. The molecule has 0 fully saturated rings. The van der Waals surface area contributed by atoms with Gasteiger partial charge in [-0.3, -0.25) is 14.9 Å². The van der Waals surface area contributed by atoms with Gasteiger partial charge in [0.1, 0.15) is 5.75 Å². The zero-order valence-electron chi connectivity index (χ0n) is 11.6. The largest absolute Gasteiger partial charge is 0.508 e. The number of carbonyl (C=O) groups is 1. The van der Waals surface area contributed by atoms with Crippen molar-refractivity contribution in [2.75, 3.05) is 5.32 Å². The molecule has 6 nitrogen and oxygen atoms in total. The zero-order valence-corrected chi connectivity index (χ0v) is 11.6. The summed E-state index contributed by atoms with van der Waals surface area (Å²) in [7, 11) is 0. The van der Waals surface area contributed by atoms with E-state index in [4.69, 9.17) is 0 Å². The maximum atomic E-state index is 12.1. The summed E-state index contributed by atoms with van der Waals surface area (Å²) in [5.74, 6) is -0.285. The molecule has 2 rings (SSSR count). The molecule has 0 spiro atoms. The van der Waals surface area contributed by atoms with Crippen molar-refractivity contribution >= 4 is 17.3 Å². The summed E-state index contributed by atoms with van der Waals surface area (Å²) in [6.07, 6.45) is 0. The molecule has 0 heterocycles. The number of amides is 1. The van der Waals surface area contributed by atoms with Crippen molar-refractivity contribution in [1.29, 1.82) is 0 Å². The lowest BCUT2D eigenvalue weighted by Crippen LogP contribution is -2.13. The highest BCUT2D eigenvalue weighted by Crippen LogP contribution is 2.26. The van der Waals surface area contributed by atoms with E-state index in [1.807, 2.05) is 0 Å². The summed E-state index contributed by atoms with van der Waals surface area (Å²) in [4.78, 5) is 22.3. The first-order valence-corrected chi connectivity index (χ1v) is 6.25. The van der Waals surface area contributed by atoms with Gasteiger partial charge in [-0.05, 0) is 43.2 Å². The third-order valence-electron chi connectivity index (χ3n) is 3.33. The molecule has 0 aliphatic rings. The summed E-state index contributed by atoms with van der Waals surface area (Å²) >= 11 is 0. The van der Waals surface area contributed by atoms with E-state index in [2.05, 4.69) is 5.32 Å². The number of aromatic hydroxyl groups is 1. The summed E-state index contributed by atoms with van der Waals surface area (Å²) in [6, 6.07) is 8.59. The minimum absolute atomic E-state index is 0.138. The standard InChI is InChI=1S/C15H14N2O4/c1-9-10(2)14(18)7-6-13(9)16-15(19)11-4-3-5-12(8-11)17(20)21/h3-8,18H,1-2H3,(H,16,19). The Morgan fingerprint density at radius 2 is 1.90 bits per heavy atom. The highest BCUT2D eigenvalue weighted by molar-refractivity contribution is 6.05. The Labute approximate surface area is 121 Å². The first-order valence-electron chi connectivity index (χ1n) is 6.25. The van der Waals surface area contributed by atoms with E-state index in [1.165, 1.54) is 30.3 Å². The molecule has 0 bridgehead atoms. The van der Waals surface area contributed by atoms with Crippen molar-refractivity contribution in [3.8, 4) is 5.75 Å². The molecule has 2 N–H and O–H groups in total. The molecule has 108 valence electrons. The van der Waals surface area contributed by atoms with Crippen molar-refractivity contribution in [1.82, 2.24) is 0 Å². The Morgan fingerprint density at radius 3 is 2.57 bits per heavy atom. The van der Waals surface area contributed by atoms with Gasteiger partial charge in [-0.25, -0.2) is 0 Å². The number of phenols is 1. The van der Waals surface area contributed by atoms with Gasteiger partial charge in [-0.15, -0.1) is 0 Å². The summed E-state index contributed by atoms with van der Waals surface area (Å²) in [5.41, 5.74) is 2.04. The van der Waals surface area contributed by atoms with Crippen LogP contribution in [0.25, 0.3) is 0 Å². The molecule has 2 aromatic rings. The monoisotopic (exact) mass is 286 g/mol. The number of nitro benzene ring substituents is 1. The smallest absolute Gasteiger partial charge is 0.270 e. The van der Waals surface area contributed by atoms with Crippen molar-refractivity contribution in [2.24, 2.45) is 0 Å². The fourth-order valence-electron chi connectivity index (χ4n) is 1.90. The normalized spacial score (nSPS) is 10.2.